The van der Waals surface area contributed by atoms with E-state index in [2.05, 4.69) is 0 Å². The van der Waals surface area contributed by atoms with Crippen LogP contribution in [0.5, 0.6) is 5.75 Å². The number of benzene rings is 1. The lowest BCUT2D eigenvalue weighted by Crippen LogP contribution is -2.30. The van der Waals surface area contributed by atoms with Crippen molar-refractivity contribution in [2.24, 2.45) is 5.84 Å². The molecule has 1 aromatic rings. The van der Waals surface area contributed by atoms with Crippen LogP contribution in [0.2, 0.25) is 0 Å². The van der Waals surface area contributed by atoms with Crippen molar-refractivity contribution in [3.63, 3.8) is 0 Å². The molecule has 0 spiro atoms. The summed E-state index contributed by atoms with van der Waals surface area (Å²) >= 11 is 0. The van der Waals surface area contributed by atoms with Crippen molar-refractivity contribution in [1.82, 2.24) is 5.43 Å². The molecule has 1 rings (SSSR count). The number of hydrogen-bond donors (Lipinski definition) is 2. The summed E-state index contributed by atoms with van der Waals surface area (Å²) in [6.07, 6.45) is -4.63. The van der Waals surface area contributed by atoms with Gasteiger partial charge >= 0.3 is 6.18 Å². The van der Waals surface area contributed by atoms with Crippen molar-refractivity contribution in [1.29, 1.82) is 0 Å². The van der Waals surface area contributed by atoms with E-state index in [9.17, 15) is 18.0 Å². The molecular formula is C12H15F3N2O2. The Kier molecular flexibility index (Phi) is 5.17. The predicted molar refractivity (Wildman–Crippen MR) is 63.1 cm³/mol. The van der Waals surface area contributed by atoms with Crippen LogP contribution in [0.25, 0.3) is 0 Å². The highest BCUT2D eigenvalue weighted by molar-refractivity contribution is 5.75. The molecule has 0 fully saturated rings. The standard InChI is InChI=1S/C12H15F3N2O2/c1-8(6-7-11(18)17-16)19-10-5-3-2-4-9(10)12(13,14)15/h2-5,8H,6-7,16H2,1H3,(H,17,18). The average Bonchev–Trinajstić information content (AvgIpc) is 2.35. The second kappa shape index (κ2) is 6.42. The first kappa shape index (κ1) is 15.3. The van der Waals surface area contributed by atoms with Gasteiger partial charge in [-0.1, -0.05) is 12.1 Å². The molecular weight excluding hydrogens is 261 g/mol. The second-order valence-electron chi connectivity index (χ2n) is 4.03. The fourth-order valence-corrected chi connectivity index (χ4v) is 1.49. The van der Waals surface area contributed by atoms with Crippen LogP contribution in [0.15, 0.2) is 24.3 Å². The minimum Gasteiger partial charge on any atom is -0.490 e. The van der Waals surface area contributed by atoms with Crippen molar-refractivity contribution >= 4 is 5.91 Å². The van der Waals surface area contributed by atoms with Crippen molar-refractivity contribution in [3.8, 4) is 5.75 Å². The van der Waals surface area contributed by atoms with Crippen molar-refractivity contribution in [2.75, 3.05) is 0 Å². The molecule has 0 saturated heterocycles. The number of ether oxygens (including phenoxy) is 1. The van der Waals surface area contributed by atoms with Gasteiger partial charge in [-0.2, -0.15) is 13.2 Å². The largest absolute Gasteiger partial charge is 0.490 e. The van der Waals surface area contributed by atoms with E-state index in [-0.39, 0.29) is 24.5 Å². The molecule has 0 aromatic heterocycles. The van der Waals surface area contributed by atoms with Gasteiger partial charge in [0.05, 0.1) is 11.7 Å². The second-order valence-corrected chi connectivity index (χ2v) is 4.03. The van der Waals surface area contributed by atoms with Crippen molar-refractivity contribution in [2.45, 2.75) is 32.0 Å². The molecule has 4 nitrogen and oxygen atoms in total. The van der Waals surface area contributed by atoms with Gasteiger partial charge in [0.25, 0.3) is 0 Å². The maximum Gasteiger partial charge on any atom is 0.419 e. The van der Waals surface area contributed by atoms with E-state index < -0.39 is 17.8 Å². The van der Waals surface area contributed by atoms with Gasteiger partial charge in [0, 0.05) is 6.42 Å². The molecule has 0 saturated carbocycles. The normalized spacial score (nSPS) is 12.9. The maximum atomic E-state index is 12.7. The Morgan fingerprint density at radius 2 is 2.05 bits per heavy atom. The molecule has 1 unspecified atom stereocenters. The van der Waals surface area contributed by atoms with E-state index in [1.165, 1.54) is 18.2 Å². The molecule has 1 amide bonds. The zero-order valence-electron chi connectivity index (χ0n) is 10.3. The third-order valence-corrected chi connectivity index (χ3v) is 2.46. The molecule has 0 heterocycles. The zero-order valence-corrected chi connectivity index (χ0v) is 10.3. The van der Waals surface area contributed by atoms with E-state index in [0.29, 0.717) is 0 Å². The van der Waals surface area contributed by atoms with Crippen LogP contribution < -0.4 is 16.0 Å². The van der Waals surface area contributed by atoms with Gasteiger partial charge < -0.3 is 4.74 Å². The fourth-order valence-electron chi connectivity index (χ4n) is 1.49. The molecule has 0 aliphatic rings. The molecule has 19 heavy (non-hydrogen) atoms. The molecule has 1 aromatic carbocycles. The third-order valence-electron chi connectivity index (χ3n) is 2.46. The number of para-hydroxylation sites is 1. The minimum atomic E-state index is -4.47. The summed E-state index contributed by atoms with van der Waals surface area (Å²) in [4.78, 5) is 10.9. The Bertz CT molecular complexity index is 435. The lowest BCUT2D eigenvalue weighted by molar-refractivity contribution is -0.139. The topological polar surface area (TPSA) is 64.4 Å². The highest BCUT2D eigenvalue weighted by Gasteiger charge is 2.34. The Morgan fingerprint density at radius 3 is 2.63 bits per heavy atom. The number of alkyl halides is 3. The van der Waals surface area contributed by atoms with E-state index in [1.807, 2.05) is 5.43 Å². The first-order chi connectivity index (χ1) is 8.84. The van der Waals surface area contributed by atoms with Gasteiger partial charge in [-0.3, -0.25) is 10.2 Å². The summed E-state index contributed by atoms with van der Waals surface area (Å²) in [7, 11) is 0. The summed E-state index contributed by atoms with van der Waals surface area (Å²) in [6.45, 7) is 1.59. The van der Waals surface area contributed by atoms with Crippen LogP contribution in [0, 0.1) is 0 Å². The van der Waals surface area contributed by atoms with Crippen LogP contribution in [0.4, 0.5) is 13.2 Å². The molecule has 3 N–H and O–H groups in total. The van der Waals surface area contributed by atoms with E-state index in [4.69, 9.17) is 10.6 Å². The average molecular weight is 276 g/mol. The Hall–Kier alpha value is -1.76. The van der Waals surface area contributed by atoms with E-state index in [1.54, 1.807) is 6.92 Å². The molecule has 0 radical (unpaired) electrons. The number of amides is 1. The first-order valence-corrected chi connectivity index (χ1v) is 5.67. The number of nitrogens with one attached hydrogen (secondary N) is 1. The lowest BCUT2D eigenvalue weighted by atomic mass is 10.1. The summed E-state index contributed by atoms with van der Waals surface area (Å²) in [5.41, 5.74) is 1.12. The van der Waals surface area contributed by atoms with Crippen LogP contribution in [-0.2, 0) is 11.0 Å². The third kappa shape index (κ3) is 4.78. The number of carbonyl (C=O) groups excluding carboxylic acids is 1. The summed E-state index contributed by atoms with van der Waals surface area (Å²) in [6, 6.07) is 4.96. The monoisotopic (exact) mass is 276 g/mol. The SMILES string of the molecule is CC(CCC(=O)NN)Oc1ccccc1C(F)(F)F. The fraction of sp³-hybridized carbons (Fsp3) is 0.417. The Morgan fingerprint density at radius 1 is 1.42 bits per heavy atom. The number of rotatable bonds is 5. The van der Waals surface area contributed by atoms with Gasteiger partial charge in [0.15, 0.2) is 0 Å². The van der Waals surface area contributed by atoms with Crippen LogP contribution >= 0.6 is 0 Å². The van der Waals surface area contributed by atoms with Gasteiger partial charge in [0.1, 0.15) is 5.75 Å². The molecule has 0 aliphatic carbocycles. The summed E-state index contributed by atoms with van der Waals surface area (Å²) in [5.74, 6) is 4.27. The summed E-state index contributed by atoms with van der Waals surface area (Å²) < 4.78 is 43.3. The summed E-state index contributed by atoms with van der Waals surface area (Å²) in [5, 5.41) is 0. The highest BCUT2D eigenvalue weighted by Crippen LogP contribution is 2.36. The van der Waals surface area contributed by atoms with Crippen LogP contribution in [0.3, 0.4) is 0 Å². The Balaban J connectivity index is 2.69. The number of nitrogens with two attached hydrogens (primary N) is 1. The number of hydrazine groups is 1. The van der Waals surface area contributed by atoms with E-state index >= 15 is 0 Å². The molecule has 7 heteroatoms. The maximum absolute atomic E-state index is 12.7. The number of carbonyl (C=O) groups is 1. The van der Waals surface area contributed by atoms with Crippen LogP contribution in [0.1, 0.15) is 25.3 Å². The lowest BCUT2D eigenvalue weighted by Gasteiger charge is -2.18. The Labute approximate surface area is 108 Å². The zero-order chi connectivity index (χ0) is 14.5. The van der Waals surface area contributed by atoms with Crippen LogP contribution in [-0.4, -0.2) is 12.0 Å². The molecule has 1 atom stereocenters. The van der Waals surface area contributed by atoms with Gasteiger partial charge in [-0.25, -0.2) is 5.84 Å². The molecule has 106 valence electrons. The molecule has 0 bridgehead atoms. The van der Waals surface area contributed by atoms with Crippen molar-refractivity contribution < 1.29 is 22.7 Å². The first-order valence-electron chi connectivity index (χ1n) is 5.67. The minimum absolute atomic E-state index is 0.0891. The number of hydrogen-bond acceptors (Lipinski definition) is 3. The van der Waals surface area contributed by atoms with E-state index in [0.717, 1.165) is 6.07 Å². The highest BCUT2D eigenvalue weighted by atomic mass is 19.4. The van der Waals surface area contributed by atoms with Gasteiger partial charge in [0.2, 0.25) is 5.91 Å². The quantitative estimate of drug-likeness (QED) is 0.492. The number of halogens is 3. The van der Waals surface area contributed by atoms with Crippen molar-refractivity contribution in [3.05, 3.63) is 29.8 Å². The predicted octanol–water partition coefficient (Wildman–Crippen LogP) is 2.24. The smallest absolute Gasteiger partial charge is 0.419 e. The van der Waals surface area contributed by atoms with Gasteiger partial charge in [-0.05, 0) is 25.5 Å². The molecule has 0 aliphatic heterocycles. The van der Waals surface area contributed by atoms with Gasteiger partial charge in [-0.15, -0.1) is 0 Å².